The molecule has 1 N–H and O–H groups in total. The van der Waals surface area contributed by atoms with Gasteiger partial charge in [0.15, 0.2) is 0 Å². The summed E-state index contributed by atoms with van der Waals surface area (Å²) in [6, 6.07) is 0.381. The van der Waals surface area contributed by atoms with Crippen LogP contribution in [0.3, 0.4) is 0 Å². The molecule has 1 rings (SSSR count). The second kappa shape index (κ2) is 5.17. The average Bonchev–Trinajstić information content (AvgIpc) is 2.52. The van der Waals surface area contributed by atoms with Gasteiger partial charge in [0.1, 0.15) is 0 Å². The van der Waals surface area contributed by atoms with Crippen molar-refractivity contribution in [1.29, 1.82) is 0 Å². The van der Waals surface area contributed by atoms with Crippen molar-refractivity contribution >= 4 is 5.97 Å². The van der Waals surface area contributed by atoms with Crippen LogP contribution in [0.1, 0.15) is 46.0 Å². The topological polar surface area (TPSA) is 40.5 Å². The summed E-state index contributed by atoms with van der Waals surface area (Å²) < 4.78 is 0. The molecule has 0 saturated heterocycles. The zero-order valence-electron chi connectivity index (χ0n) is 11.0. The molecular weight excluding hydrogens is 202 g/mol. The third-order valence-corrected chi connectivity index (χ3v) is 3.81. The van der Waals surface area contributed by atoms with Crippen LogP contribution < -0.4 is 0 Å². The summed E-state index contributed by atoms with van der Waals surface area (Å²) in [5.41, 5.74) is -0.148. The molecule has 0 spiro atoms. The lowest BCUT2D eigenvalue weighted by Crippen LogP contribution is -2.46. The third kappa shape index (κ3) is 3.21. The van der Waals surface area contributed by atoms with Gasteiger partial charge in [0.05, 0.1) is 6.42 Å². The Balaban J connectivity index is 2.78. The summed E-state index contributed by atoms with van der Waals surface area (Å²) in [5.74, 6) is -0.0146. The molecule has 0 aliphatic heterocycles. The van der Waals surface area contributed by atoms with E-state index in [1.807, 2.05) is 0 Å². The van der Waals surface area contributed by atoms with Crippen molar-refractivity contribution in [2.24, 2.45) is 11.3 Å². The molecule has 16 heavy (non-hydrogen) atoms. The van der Waals surface area contributed by atoms with Gasteiger partial charge in [0, 0.05) is 6.04 Å². The van der Waals surface area contributed by atoms with Crippen LogP contribution in [0.2, 0.25) is 0 Å². The van der Waals surface area contributed by atoms with Crippen molar-refractivity contribution in [2.45, 2.75) is 52.0 Å². The van der Waals surface area contributed by atoms with Crippen LogP contribution in [-0.4, -0.2) is 36.1 Å². The smallest absolute Gasteiger partial charge is 0.303 e. The summed E-state index contributed by atoms with van der Waals surface area (Å²) in [7, 11) is 4.15. The van der Waals surface area contributed by atoms with Crippen LogP contribution in [0.25, 0.3) is 0 Å². The van der Waals surface area contributed by atoms with Crippen LogP contribution in [-0.2, 0) is 4.79 Å². The number of aliphatic carboxylic acids is 1. The predicted octanol–water partition coefficient (Wildman–Crippen LogP) is 2.61. The molecule has 1 unspecified atom stereocenters. The van der Waals surface area contributed by atoms with E-state index in [0.29, 0.717) is 12.0 Å². The lowest BCUT2D eigenvalue weighted by Gasteiger charge is -2.42. The molecule has 0 amide bonds. The number of hydrogen-bond donors (Lipinski definition) is 1. The second-order valence-electron chi connectivity index (χ2n) is 6.01. The zero-order valence-corrected chi connectivity index (χ0v) is 11.0. The summed E-state index contributed by atoms with van der Waals surface area (Å²) in [5, 5.41) is 9.00. The molecule has 3 heteroatoms. The average molecular weight is 227 g/mol. The zero-order chi connectivity index (χ0) is 12.3. The van der Waals surface area contributed by atoms with Crippen LogP contribution in [0.15, 0.2) is 0 Å². The standard InChI is InChI=1S/C13H25NO2/c1-13(2,9-11(15)16)12(14(3)4)10-7-5-6-8-10/h10,12H,5-9H2,1-4H3,(H,15,16). The van der Waals surface area contributed by atoms with E-state index >= 15 is 0 Å². The molecular formula is C13H25NO2. The van der Waals surface area contributed by atoms with Crippen molar-refractivity contribution in [3.63, 3.8) is 0 Å². The highest BCUT2D eigenvalue weighted by atomic mass is 16.4. The van der Waals surface area contributed by atoms with Crippen molar-refractivity contribution in [3.8, 4) is 0 Å². The molecule has 0 bridgehead atoms. The Hall–Kier alpha value is -0.570. The van der Waals surface area contributed by atoms with E-state index in [1.54, 1.807) is 0 Å². The fourth-order valence-corrected chi connectivity index (χ4v) is 3.53. The Bertz CT molecular complexity index is 242. The Morgan fingerprint density at radius 2 is 1.88 bits per heavy atom. The highest BCUT2D eigenvalue weighted by Gasteiger charge is 2.39. The Kier molecular flexibility index (Phi) is 4.36. The molecule has 0 aromatic heterocycles. The first-order chi connectivity index (χ1) is 7.34. The van der Waals surface area contributed by atoms with Gasteiger partial charge in [-0.1, -0.05) is 26.7 Å². The minimum atomic E-state index is -0.685. The first-order valence-electron chi connectivity index (χ1n) is 6.23. The summed E-state index contributed by atoms with van der Waals surface area (Å²) in [6.07, 6.45) is 5.38. The van der Waals surface area contributed by atoms with E-state index in [0.717, 1.165) is 0 Å². The van der Waals surface area contributed by atoms with Crippen LogP contribution in [0.5, 0.6) is 0 Å². The number of hydrogen-bond acceptors (Lipinski definition) is 2. The minimum absolute atomic E-state index is 0.148. The normalized spacial score (nSPS) is 20.3. The molecule has 1 atom stereocenters. The molecule has 1 fully saturated rings. The Morgan fingerprint density at radius 1 is 1.38 bits per heavy atom. The molecule has 3 nitrogen and oxygen atoms in total. The maximum atomic E-state index is 10.9. The predicted molar refractivity (Wildman–Crippen MR) is 65.5 cm³/mol. The lowest BCUT2D eigenvalue weighted by atomic mass is 9.74. The largest absolute Gasteiger partial charge is 0.481 e. The molecule has 1 aliphatic rings. The van der Waals surface area contributed by atoms with Gasteiger partial charge in [-0.05, 0) is 38.3 Å². The first kappa shape index (κ1) is 13.5. The van der Waals surface area contributed by atoms with E-state index in [1.165, 1.54) is 25.7 Å². The third-order valence-electron chi connectivity index (χ3n) is 3.81. The lowest BCUT2D eigenvalue weighted by molar-refractivity contribution is -0.140. The van der Waals surface area contributed by atoms with Gasteiger partial charge >= 0.3 is 5.97 Å². The minimum Gasteiger partial charge on any atom is -0.481 e. The number of carbonyl (C=O) groups is 1. The van der Waals surface area contributed by atoms with E-state index in [-0.39, 0.29) is 11.8 Å². The summed E-state index contributed by atoms with van der Waals surface area (Å²) in [6.45, 7) is 4.17. The monoisotopic (exact) mass is 227 g/mol. The number of carboxylic acid groups (broad SMARTS) is 1. The molecule has 0 radical (unpaired) electrons. The van der Waals surface area contributed by atoms with E-state index < -0.39 is 5.97 Å². The van der Waals surface area contributed by atoms with Crippen LogP contribution in [0.4, 0.5) is 0 Å². The van der Waals surface area contributed by atoms with Crippen LogP contribution in [0, 0.1) is 11.3 Å². The molecule has 1 saturated carbocycles. The van der Waals surface area contributed by atoms with Crippen LogP contribution >= 0.6 is 0 Å². The van der Waals surface area contributed by atoms with Gasteiger partial charge in [-0.15, -0.1) is 0 Å². The summed E-state index contributed by atoms with van der Waals surface area (Å²) >= 11 is 0. The Morgan fingerprint density at radius 3 is 2.25 bits per heavy atom. The van der Waals surface area contributed by atoms with Gasteiger partial charge in [0.25, 0.3) is 0 Å². The number of carboxylic acids is 1. The van der Waals surface area contributed by atoms with E-state index in [4.69, 9.17) is 5.11 Å². The van der Waals surface area contributed by atoms with E-state index in [2.05, 4.69) is 32.8 Å². The highest BCUT2D eigenvalue weighted by Crippen LogP contribution is 2.40. The van der Waals surface area contributed by atoms with E-state index in [9.17, 15) is 4.79 Å². The fraction of sp³-hybridized carbons (Fsp3) is 0.923. The Labute approximate surface area is 98.8 Å². The second-order valence-corrected chi connectivity index (χ2v) is 6.01. The molecule has 0 heterocycles. The molecule has 94 valence electrons. The van der Waals surface area contributed by atoms with Crippen molar-refractivity contribution in [2.75, 3.05) is 14.1 Å². The van der Waals surface area contributed by atoms with Crippen molar-refractivity contribution in [1.82, 2.24) is 4.90 Å². The molecule has 0 aromatic carbocycles. The SMILES string of the molecule is CN(C)C(C1CCCC1)C(C)(C)CC(=O)O. The first-order valence-corrected chi connectivity index (χ1v) is 6.23. The summed E-state index contributed by atoms with van der Waals surface area (Å²) in [4.78, 5) is 13.2. The number of nitrogens with zero attached hydrogens (tertiary/aromatic N) is 1. The van der Waals surface area contributed by atoms with Gasteiger partial charge in [-0.25, -0.2) is 0 Å². The maximum Gasteiger partial charge on any atom is 0.303 e. The van der Waals surface area contributed by atoms with Gasteiger partial charge in [-0.3, -0.25) is 4.79 Å². The quantitative estimate of drug-likeness (QED) is 0.785. The molecule has 0 aromatic rings. The maximum absolute atomic E-state index is 10.9. The van der Waals surface area contributed by atoms with Gasteiger partial charge < -0.3 is 10.0 Å². The van der Waals surface area contributed by atoms with Crippen molar-refractivity contribution < 1.29 is 9.90 Å². The highest BCUT2D eigenvalue weighted by molar-refractivity contribution is 5.67. The number of rotatable bonds is 5. The fourth-order valence-electron chi connectivity index (χ4n) is 3.53. The van der Waals surface area contributed by atoms with Crippen molar-refractivity contribution in [3.05, 3.63) is 0 Å². The molecule has 1 aliphatic carbocycles. The van der Waals surface area contributed by atoms with Gasteiger partial charge in [-0.2, -0.15) is 0 Å². The van der Waals surface area contributed by atoms with Gasteiger partial charge in [0.2, 0.25) is 0 Å².